The van der Waals surface area contributed by atoms with Crippen LogP contribution in [0.1, 0.15) is 46.3 Å². The molecule has 148 valence electrons. The number of rotatable bonds is 2. The first-order valence-electron chi connectivity index (χ1n) is 9.91. The summed E-state index contributed by atoms with van der Waals surface area (Å²) in [5.74, 6) is 0.00242. The smallest absolute Gasteiger partial charge is 0.299 e. The summed E-state index contributed by atoms with van der Waals surface area (Å²) in [6.07, 6.45) is 4.25. The number of carbonyl (C=O) groups excluding carboxylic acids is 3. The normalized spacial score (nSPS) is 20.7. The molecule has 0 spiro atoms. The highest BCUT2D eigenvalue weighted by atomic mass is 16.2. The number of benzene rings is 1. The molecule has 4 heterocycles. The summed E-state index contributed by atoms with van der Waals surface area (Å²) in [6.45, 7) is 3.27. The molecule has 0 saturated carbocycles. The number of nitrogens with zero attached hydrogens (tertiary/aromatic N) is 5. The summed E-state index contributed by atoms with van der Waals surface area (Å²) in [6, 6.07) is 5.36. The molecule has 29 heavy (non-hydrogen) atoms. The third kappa shape index (κ3) is 2.48. The molecule has 0 N–H and O–H groups in total. The molecule has 1 fully saturated rings. The molecule has 2 amide bonds. The minimum atomic E-state index is -0.575. The Morgan fingerprint density at radius 2 is 1.93 bits per heavy atom. The quantitative estimate of drug-likeness (QED) is 0.726. The van der Waals surface area contributed by atoms with Gasteiger partial charge in [0.05, 0.1) is 16.9 Å². The van der Waals surface area contributed by atoms with Crippen LogP contribution in [0.5, 0.6) is 0 Å². The number of aryl methyl sites for hydroxylation is 1. The van der Waals surface area contributed by atoms with Crippen molar-refractivity contribution in [2.45, 2.75) is 32.2 Å². The highest BCUT2D eigenvalue weighted by molar-refractivity contribution is 6.53. The molecular weight excluding hydrogens is 370 g/mol. The number of Topliss-reactive ketones (excluding diaryl/α,β-unsaturated/α-hetero) is 1. The van der Waals surface area contributed by atoms with Crippen molar-refractivity contribution in [1.82, 2.24) is 9.97 Å². The third-order valence-electron chi connectivity index (χ3n) is 6.05. The summed E-state index contributed by atoms with van der Waals surface area (Å²) < 4.78 is 0. The van der Waals surface area contributed by atoms with Gasteiger partial charge in [-0.2, -0.15) is 0 Å². The van der Waals surface area contributed by atoms with Crippen LogP contribution in [0.15, 0.2) is 24.4 Å². The van der Waals surface area contributed by atoms with E-state index < -0.39 is 11.7 Å². The number of hydrogen-bond acceptors (Lipinski definition) is 6. The Balaban J connectivity index is 1.67. The van der Waals surface area contributed by atoms with Gasteiger partial charge in [0.25, 0.3) is 17.6 Å². The van der Waals surface area contributed by atoms with Gasteiger partial charge in [0.2, 0.25) is 0 Å². The van der Waals surface area contributed by atoms with Gasteiger partial charge in [0.15, 0.2) is 0 Å². The zero-order valence-corrected chi connectivity index (χ0v) is 16.4. The van der Waals surface area contributed by atoms with Crippen molar-refractivity contribution < 1.29 is 14.4 Å². The fourth-order valence-corrected chi connectivity index (χ4v) is 4.53. The van der Waals surface area contributed by atoms with E-state index in [9.17, 15) is 14.4 Å². The second kappa shape index (κ2) is 6.37. The zero-order chi connectivity index (χ0) is 20.3. The SMILES string of the molecule is CCc1ncc2c(n1)N1CCC[C@H]1CN(c1cccc3c1C(=O)C(=O)N3C)C2=O. The van der Waals surface area contributed by atoms with Crippen molar-refractivity contribution in [1.29, 1.82) is 0 Å². The molecule has 0 radical (unpaired) electrons. The number of hydrogen-bond donors (Lipinski definition) is 0. The van der Waals surface area contributed by atoms with Crippen molar-refractivity contribution in [3.63, 3.8) is 0 Å². The van der Waals surface area contributed by atoms with Crippen LogP contribution in [0, 0.1) is 0 Å². The largest absolute Gasteiger partial charge is 0.351 e. The van der Waals surface area contributed by atoms with Gasteiger partial charge in [-0.05, 0) is 25.0 Å². The fourth-order valence-electron chi connectivity index (χ4n) is 4.53. The molecule has 3 aliphatic rings. The van der Waals surface area contributed by atoms with Crippen molar-refractivity contribution in [3.8, 4) is 0 Å². The van der Waals surface area contributed by atoms with Crippen LogP contribution >= 0.6 is 0 Å². The van der Waals surface area contributed by atoms with E-state index >= 15 is 0 Å². The second-order valence-electron chi connectivity index (χ2n) is 7.65. The molecule has 0 bridgehead atoms. The maximum absolute atomic E-state index is 13.5. The van der Waals surface area contributed by atoms with E-state index in [1.165, 1.54) is 4.90 Å². The Hall–Kier alpha value is -3.29. The van der Waals surface area contributed by atoms with Gasteiger partial charge in [-0.15, -0.1) is 0 Å². The van der Waals surface area contributed by atoms with Crippen LogP contribution in [0.4, 0.5) is 17.2 Å². The van der Waals surface area contributed by atoms with Crippen LogP contribution in [0.3, 0.4) is 0 Å². The Morgan fingerprint density at radius 1 is 1.14 bits per heavy atom. The summed E-state index contributed by atoms with van der Waals surface area (Å²) in [5, 5.41) is 0. The molecule has 5 rings (SSSR count). The summed E-state index contributed by atoms with van der Waals surface area (Å²) in [7, 11) is 1.58. The van der Waals surface area contributed by atoms with Crippen LogP contribution in [-0.2, 0) is 11.2 Å². The molecule has 1 atom stereocenters. The van der Waals surface area contributed by atoms with Crippen LogP contribution < -0.4 is 14.7 Å². The third-order valence-corrected chi connectivity index (χ3v) is 6.05. The first kappa shape index (κ1) is 17.8. The van der Waals surface area contributed by atoms with Gasteiger partial charge >= 0.3 is 0 Å². The lowest BCUT2D eigenvalue weighted by Crippen LogP contribution is -2.40. The molecule has 8 heteroatoms. The lowest BCUT2D eigenvalue weighted by molar-refractivity contribution is -0.114. The first-order chi connectivity index (χ1) is 14.0. The second-order valence-corrected chi connectivity index (χ2v) is 7.65. The number of amides is 2. The van der Waals surface area contributed by atoms with Crippen LogP contribution in [0.25, 0.3) is 0 Å². The van der Waals surface area contributed by atoms with E-state index in [0.717, 1.165) is 19.4 Å². The highest BCUT2D eigenvalue weighted by Gasteiger charge is 2.41. The number of likely N-dealkylation sites (N-methyl/N-ethyl adjacent to an activating group) is 1. The topological polar surface area (TPSA) is 86.7 Å². The van der Waals surface area contributed by atoms with Crippen molar-refractivity contribution in [2.75, 3.05) is 34.8 Å². The molecule has 1 aromatic heterocycles. The van der Waals surface area contributed by atoms with E-state index in [2.05, 4.69) is 14.9 Å². The van der Waals surface area contributed by atoms with Gasteiger partial charge in [0.1, 0.15) is 17.2 Å². The summed E-state index contributed by atoms with van der Waals surface area (Å²) >= 11 is 0. The monoisotopic (exact) mass is 391 g/mol. The first-order valence-corrected chi connectivity index (χ1v) is 9.91. The molecule has 0 unspecified atom stereocenters. The Kier molecular flexibility index (Phi) is 3.90. The van der Waals surface area contributed by atoms with Crippen molar-refractivity contribution in [3.05, 3.63) is 41.3 Å². The predicted molar refractivity (Wildman–Crippen MR) is 108 cm³/mol. The average molecular weight is 391 g/mol. The minimum Gasteiger partial charge on any atom is -0.351 e. The number of carbonyl (C=O) groups is 3. The van der Waals surface area contributed by atoms with E-state index in [1.807, 2.05) is 6.92 Å². The fraction of sp³-hybridized carbons (Fsp3) is 0.381. The lowest BCUT2D eigenvalue weighted by atomic mass is 10.1. The van der Waals surface area contributed by atoms with Crippen molar-refractivity contribution in [2.24, 2.45) is 0 Å². The Labute approximate surface area is 168 Å². The minimum absolute atomic E-state index is 0.112. The molecular formula is C21H21N5O3. The molecule has 1 aromatic carbocycles. The summed E-state index contributed by atoms with van der Waals surface area (Å²) in [5.41, 5.74) is 1.76. The molecule has 3 aliphatic heterocycles. The lowest BCUT2D eigenvalue weighted by Gasteiger charge is -2.27. The van der Waals surface area contributed by atoms with Gasteiger partial charge in [-0.1, -0.05) is 13.0 Å². The number of ketones is 1. The van der Waals surface area contributed by atoms with Crippen LogP contribution in [0.2, 0.25) is 0 Å². The molecule has 8 nitrogen and oxygen atoms in total. The van der Waals surface area contributed by atoms with Crippen molar-refractivity contribution >= 4 is 34.8 Å². The standard InChI is InChI=1S/C21H21N5O3/c1-3-16-22-10-13-19(23-16)25-9-5-6-12(25)11-26(20(13)28)15-8-4-7-14-17(15)18(27)21(29)24(14)2/h4,7-8,10,12H,3,5-6,9,11H2,1-2H3/t12-/m0/s1. The highest BCUT2D eigenvalue weighted by Crippen LogP contribution is 2.39. The van der Waals surface area contributed by atoms with Crippen LogP contribution in [-0.4, -0.2) is 53.7 Å². The number of anilines is 3. The van der Waals surface area contributed by atoms with E-state index in [4.69, 9.17) is 0 Å². The maximum Gasteiger partial charge on any atom is 0.299 e. The van der Waals surface area contributed by atoms with Gasteiger partial charge in [0, 0.05) is 38.8 Å². The van der Waals surface area contributed by atoms with Gasteiger partial charge in [-0.3, -0.25) is 14.4 Å². The predicted octanol–water partition coefficient (Wildman–Crippen LogP) is 1.83. The Morgan fingerprint density at radius 3 is 2.72 bits per heavy atom. The summed E-state index contributed by atoms with van der Waals surface area (Å²) in [4.78, 5) is 52.6. The van der Waals surface area contributed by atoms with E-state index in [-0.39, 0.29) is 11.9 Å². The number of fused-ring (bicyclic) bond motifs is 4. The molecule has 2 aromatic rings. The van der Waals surface area contributed by atoms with Gasteiger partial charge < -0.3 is 14.7 Å². The molecule has 0 aliphatic carbocycles. The zero-order valence-electron chi connectivity index (χ0n) is 16.4. The van der Waals surface area contributed by atoms with E-state index in [1.54, 1.807) is 36.3 Å². The average Bonchev–Trinajstić information content (AvgIpc) is 3.27. The Bertz CT molecular complexity index is 1070. The van der Waals surface area contributed by atoms with E-state index in [0.29, 0.717) is 47.1 Å². The van der Waals surface area contributed by atoms with Gasteiger partial charge in [-0.25, -0.2) is 9.97 Å². The number of aromatic nitrogens is 2. The maximum atomic E-state index is 13.5. The molecule has 1 saturated heterocycles.